The van der Waals surface area contributed by atoms with Crippen LogP contribution < -0.4 is 0 Å². The van der Waals surface area contributed by atoms with Crippen LogP contribution in [0.4, 0.5) is 5.69 Å². The molecule has 0 aliphatic heterocycles. The van der Waals surface area contributed by atoms with Gasteiger partial charge in [-0.15, -0.1) is 11.3 Å². The molecule has 1 aromatic heterocycles. The number of benzene rings is 1. The van der Waals surface area contributed by atoms with E-state index in [0.29, 0.717) is 11.3 Å². The minimum Gasteiger partial charge on any atom is -0.460 e. The number of carbonyl (C=O) groups is 1. The second-order valence-corrected chi connectivity index (χ2v) is 6.16. The van der Waals surface area contributed by atoms with E-state index >= 15 is 0 Å². The van der Waals surface area contributed by atoms with Crippen LogP contribution in [0.25, 0.3) is 0 Å². The number of halogens is 1. The number of ether oxygens (including phenoxy) is 1. The lowest BCUT2D eigenvalue weighted by molar-refractivity contribution is -0.384. The Bertz CT molecular complexity index is 656. The van der Waals surface area contributed by atoms with Crippen molar-refractivity contribution in [2.24, 2.45) is 0 Å². The molecule has 1 aromatic carbocycles. The number of rotatable bonds is 5. The van der Waals surface area contributed by atoms with Crippen LogP contribution in [0.15, 0.2) is 29.6 Å². The summed E-state index contributed by atoms with van der Waals surface area (Å²) >= 11 is 4.71. The minimum atomic E-state index is -0.611. The highest BCUT2D eigenvalue weighted by atomic mass is 79.9. The number of esters is 1. The normalized spacial score (nSPS) is 11.9. The predicted octanol–water partition coefficient (Wildman–Crippen LogP) is 3.54. The van der Waals surface area contributed by atoms with Crippen LogP contribution in [0.1, 0.15) is 21.1 Å². The summed E-state index contributed by atoms with van der Waals surface area (Å²) in [6, 6.07) is 5.86. The first-order chi connectivity index (χ1) is 9.97. The summed E-state index contributed by atoms with van der Waals surface area (Å²) in [6.45, 7) is 1.91. The summed E-state index contributed by atoms with van der Waals surface area (Å²) in [4.78, 5) is 25.5. The van der Waals surface area contributed by atoms with E-state index in [1.165, 1.54) is 23.5 Å². The summed E-state index contributed by atoms with van der Waals surface area (Å²) < 4.78 is 5.16. The molecular weight excluding hydrogens is 360 g/mol. The third-order valence-electron chi connectivity index (χ3n) is 2.63. The Labute approximate surface area is 133 Å². The van der Waals surface area contributed by atoms with Crippen LogP contribution in [-0.2, 0) is 16.1 Å². The average Bonchev–Trinajstić information content (AvgIpc) is 2.91. The lowest BCUT2D eigenvalue weighted by Gasteiger charge is -2.08. The van der Waals surface area contributed by atoms with E-state index in [9.17, 15) is 14.9 Å². The van der Waals surface area contributed by atoms with E-state index < -0.39 is 15.7 Å². The molecule has 0 aliphatic rings. The number of carbonyl (C=O) groups excluding carboxylic acids is 1. The number of non-ortho nitro benzene ring substituents is 1. The van der Waals surface area contributed by atoms with Crippen LogP contribution in [0, 0.1) is 17.0 Å². The maximum Gasteiger partial charge on any atom is 0.326 e. The van der Waals surface area contributed by atoms with Gasteiger partial charge >= 0.3 is 5.97 Å². The van der Waals surface area contributed by atoms with Gasteiger partial charge in [0.25, 0.3) is 5.69 Å². The van der Waals surface area contributed by atoms with Crippen LogP contribution >= 0.6 is 27.3 Å². The van der Waals surface area contributed by atoms with E-state index in [1.54, 1.807) is 17.5 Å². The van der Waals surface area contributed by atoms with Gasteiger partial charge in [0.15, 0.2) is 4.83 Å². The Balaban J connectivity index is 1.93. The molecule has 0 aliphatic carbocycles. The van der Waals surface area contributed by atoms with Crippen LogP contribution in [-0.4, -0.2) is 15.9 Å². The third kappa shape index (κ3) is 4.08. The number of aromatic nitrogens is 1. The monoisotopic (exact) mass is 370 g/mol. The zero-order valence-electron chi connectivity index (χ0n) is 11.0. The first-order valence-electron chi connectivity index (χ1n) is 5.93. The van der Waals surface area contributed by atoms with Crippen molar-refractivity contribution in [3.05, 3.63) is 56.0 Å². The van der Waals surface area contributed by atoms with Crippen molar-refractivity contribution in [3.8, 4) is 0 Å². The first kappa shape index (κ1) is 15.6. The molecule has 0 amide bonds. The molecule has 6 nitrogen and oxygen atoms in total. The van der Waals surface area contributed by atoms with Gasteiger partial charge in [0.1, 0.15) is 6.61 Å². The van der Waals surface area contributed by atoms with E-state index in [1.807, 2.05) is 6.92 Å². The van der Waals surface area contributed by atoms with Gasteiger partial charge in [0.2, 0.25) is 0 Å². The molecule has 21 heavy (non-hydrogen) atoms. The Hall–Kier alpha value is -1.80. The fourth-order valence-corrected chi connectivity index (χ4v) is 2.74. The van der Waals surface area contributed by atoms with Crippen molar-refractivity contribution < 1.29 is 14.5 Å². The van der Waals surface area contributed by atoms with Gasteiger partial charge in [-0.25, -0.2) is 4.98 Å². The van der Waals surface area contributed by atoms with Gasteiger partial charge in [-0.2, -0.15) is 0 Å². The molecule has 1 heterocycles. The SMILES string of the molecule is Cc1nc(C(Br)C(=O)OCc2ccc([N+](=O)[O-])cc2)cs1. The summed E-state index contributed by atoms with van der Waals surface area (Å²) in [5.74, 6) is -0.446. The molecular formula is C13H11BrN2O4S. The Morgan fingerprint density at radius 2 is 2.14 bits per heavy atom. The molecule has 0 bridgehead atoms. The lowest BCUT2D eigenvalue weighted by Crippen LogP contribution is -2.11. The van der Waals surface area contributed by atoms with E-state index in [0.717, 1.165) is 5.01 Å². The topological polar surface area (TPSA) is 82.3 Å². The zero-order valence-corrected chi connectivity index (χ0v) is 13.4. The summed E-state index contributed by atoms with van der Waals surface area (Å²) in [5.41, 5.74) is 1.30. The third-order valence-corrected chi connectivity index (χ3v) is 4.27. The van der Waals surface area contributed by atoms with Gasteiger partial charge in [-0.1, -0.05) is 15.9 Å². The fraction of sp³-hybridized carbons (Fsp3) is 0.231. The van der Waals surface area contributed by atoms with Gasteiger partial charge in [0.05, 0.1) is 15.6 Å². The quantitative estimate of drug-likeness (QED) is 0.348. The standard InChI is InChI=1S/C13H11BrN2O4S/c1-8-15-11(7-21-8)12(14)13(17)20-6-9-2-4-10(5-3-9)16(18)19/h2-5,7,12H,6H2,1H3. The molecule has 2 rings (SSSR count). The summed E-state index contributed by atoms with van der Waals surface area (Å²) in [5, 5.41) is 13.2. The summed E-state index contributed by atoms with van der Waals surface area (Å²) in [7, 11) is 0. The maximum atomic E-state index is 11.9. The minimum absolute atomic E-state index is 0.00129. The number of nitro benzene ring substituents is 1. The Morgan fingerprint density at radius 1 is 1.48 bits per heavy atom. The van der Waals surface area contributed by atoms with Crippen molar-refractivity contribution in [3.63, 3.8) is 0 Å². The number of nitrogens with zero attached hydrogens (tertiary/aromatic N) is 2. The molecule has 8 heteroatoms. The predicted molar refractivity (Wildman–Crippen MR) is 81.4 cm³/mol. The number of aryl methyl sites for hydroxylation is 1. The van der Waals surface area contributed by atoms with Crippen molar-refractivity contribution in [2.45, 2.75) is 18.4 Å². The number of nitro groups is 1. The van der Waals surface area contributed by atoms with Crippen molar-refractivity contribution in [2.75, 3.05) is 0 Å². The highest BCUT2D eigenvalue weighted by molar-refractivity contribution is 9.09. The molecule has 0 saturated heterocycles. The highest BCUT2D eigenvalue weighted by Crippen LogP contribution is 2.26. The summed E-state index contributed by atoms with van der Waals surface area (Å²) in [6.07, 6.45) is 0. The Kier molecular flexibility index (Phi) is 5.03. The number of hydrogen-bond acceptors (Lipinski definition) is 6. The number of thiazole rings is 1. The molecule has 2 aromatic rings. The van der Waals surface area contributed by atoms with Gasteiger partial charge in [-0.3, -0.25) is 14.9 Å². The first-order valence-corrected chi connectivity index (χ1v) is 7.73. The second kappa shape index (κ2) is 6.77. The molecule has 1 atom stereocenters. The maximum absolute atomic E-state index is 11.9. The fourth-order valence-electron chi connectivity index (χ4n) is 1.56. The van der Waals surface area contributed by atoms with E-state index in [-0.39, 0.29) is 12.3 Å². The molecule has 110 valence electrons. The molecule has 0 N–H and O–H groups in total. The Morgan fingerprint density at radius 3 is 2.67 bits per heavy atom. The lowest BCUT2D eigenvalue weighted by atomic mass is 10.2. The number of alkyl halides is 1. The van der Waals surface area contributed by atoms with Crippen LogP contribution in [0.5, 0.6) is 0 Å². The van der Waals surface area contributed by atoms with Crippen molar-refractivity contribution in [1.82, 2.24) is 4.98 Å². The zero-order chi connectivity index (χ0) is 15.4. The largest absolute Gasteiger partial charge is 0.460 e. The molecule has 0 spiro atoms. The molecule has 1 unspecified atom stereocenters. The van der Waals surface area contributed by atoms with E-state index in [2.05, 4.69) is 20.9 Å². The molecule has 0 fully saturated rings. The van der Waals surface area contributed by atoms with Gasteiger partial charge in [-0.05, 0) is 24.6 Å². The smallest absolute Gasteiger partial charge is 0.326 e. The molecule has 0 radical (unpaired) electrons. The highest BCUT2D eigenvalue weighted by Gasteiger charge is 2.21. The van der Waals surface area contributed by atoms with Crippen molar-refractivity contribution >= 4 is 38.9 Å². The second-order valence-electron chi connectivity index (χ2n) is 4.19. The van der Waals surface area contributed by atoms with Crippen molar-refractivity contribution in [1.29, 1.82) is 0 Å². The van der Waals surface area contributed by atoms with Crippen LogP contribution in [0.2, 0.25) is 0 Å². The number of hydrogen-bond donors (Lipinski definition) is 0. The van der Waals surface area contributed by atoms with Crippen LogP contribution in [0.3, 0.4) is 0 Å². The molecule has 0 saturated carbocycles. The average molecular weight is 371 g/mol. The van der Waals surface area contributed by atoms with E-state index in [4.69, 9.17) is 4.74 Å². The van der Waals surface area contributed by atoms with Gasteiger partial charge in [0, 0.05) is 17.5 Å². The van der Waals surface area contributed by atoms with Gasteiger partial charge < -0.3 is 4.74 Å².